The van der Waals surface area contributed by atoms with Gasteiger partial charge in [-0.3, -0.25) is 9.59 Å². The SMILES string of the molecule is CCN(CC(=O)NC)C(=O)c1ccc(Cl)c(Br)c1. The second kappa shape index (κ2) is 6.75. The molecule has 6 heteroatoms. The summed E-state index contributed by atoms with van der Waals surface area (Å²) in [7, 11) is 1.54. The molecule has 1 N–H and O–H groups in total. The minimum absolute atomic E-state index is 0.0477. The Morgan fingerprint density at radius 1 is 1.44 bits per heavy atom. The summed E-state index contributed by atoms with van der Waals surface area (Å²) >= 11 is 9.14. The summed E-state index contributed by atoms with van der Waals surface area (Å²) in [6.07, 6.45) is 0. The third kappa shape index (κ3) is 3.71. The molecule has 0 saturated heterocycles. The van der Waals surface area contributed by atoms with E-state index in [1.165, 1.54) is 4.90 Å². The second-order valence-corrected chi connectivity index (χ2v) is 4.88. The van der Waals surface area contributed by atoms with Crippen LogP contribution in [0, 0.1) is 0 Å². The molecule has 4 nitrogen and oxygen atoms in total. The van der Waals surface area contributed by atoms with Crippen LogP contribution >= 0.6 is 27.5 Å². The molecule has 0 aliphatic heterocycles. The number of likely N-dealkylation sites (N-methyl/N-ethyl adjacent to an activating group) is 2. The average molecular weight is 334 g/mol. The van der Waals surface area contributed by atoms with Gasteiger partial charge in [-0.1, -0.05) is 11.6 Å². The number of rotatable bonds is 4. The number of carbonyl (C=O) groups excluding carboxylic acids is 2. The zero-order valence-corrected chi connectivity index (χ0v) is 12.5. The van der Waals surface area contributed by atoms with E-state index in [-0.39, 0.29) is 18.4 Å². The molecule has 0 spiro atoms. The van der Waals surface area contributed by atoms with Gasteiger partial charge >= 0.3 is 0 Å². The highest BCUT2D eigenvalue weighted by molar-refractivity contribution is 9.10. The van der Waals surface area contributed by atoms with Gasteiger partial charge in [-0.25, -0.2) is 0 Å². The Labute approximate surface area is 119 Å². The molecule has 1 aromatic rings. The second-order valence-electron chi connectivity index (χ2n) is 3.62. The molecular formula is C12H14BrClN2O2. The highest BCUT2D eigenvalue weighted by Crippen LogP contribution is 2.23. The highest BCUT2D eigenvalue weighted by Gasteiger charge is 2.17. The molecule has 0 heterocycles. The Morgan fingerprint density at radius 3 is 2.61 bits per heavy atom. The number of halogens is 2. The Bertz CT molecular complexity index is 465. The normalized spacial score (nSPS) is 10.0. The predicted molar refractivity (Wildman–Crippen MR) is 74.8 cm³/mol. The van der Waals surface area contributed by atoms with E-state index in [2.05, 4.69) is 21.2 Å². The van der Waals surface area contributed by atoms with Crippen LogP contribution in [0.3, 0.4) is 0 Å². The zero-order valence-electron chi connectivity index (χ0n) is 10.2. The molecular weight excluding hydrogens is 320 g/mol. The van der Waals surface area contributed by atoms with E-state index in [0.29, 0.717) is 21.6 Å². The molecule has 0 aliphatic carbocycles. The number of nitrogens with one attached hydrogen (secondary N) is 1. The van der Waals surface area contributed by atoms with Crippen molar-refractivity contribution in [3.63, 3.8) is 0 Å². The van der Waals surface area contributed by atoms with Crippen molar-refractivity contribution < 1.29 is 9.59 Å². The van der Waals surface area contributed by atoms with Crippen molar-refractivity contribution >= 4 is 39.3 Å². The fourth-order valence-electron chi connectivity index (χ4n) is 1.39. The maximum atomic E-state index is 12.2. The summed E-state index contributed by atoms with van der Waals surface area (Å²) in [5.41, 5.74) is 0.497. The van der Waals surface area contributed by atoms with Crippen LogP contribution in [0.25, 0.3) is 0 Å². The van der Waals surface area contributed by atoms with Crippen LogP contribution in [-0.2, 0) is 4.79 Å². The molecule has 0 aromatic heterocycles. The maximum absolute atomic E-state index is 12.2. The Balaban J connectivity index is 2.89. The summed E-state index contributed by atoms with van der Waals surface area (Å²) in [6.45, 7) is 2.34. The maximum Gasteiger partial charge on any atom is 0.254 e. The highest BCUT2D eigenvalue weighted by atomic mass is 79.9. The summed E-state index contributed by atoms with van der Waals surface area (Å²) in [5.74, 6) is -0.392. The van der Waals surface area contributed by atoms with Gasteiger partial charge in [-0.05, 0) is 41.1 Å². The number of carbonyl (C=O) groups is 2. The Kier molecular flexibility index (Phi) is 5.62. The molecule has 0 bridgehead atoms. The van der Waals surface area contributed by atoms with Crippen molar-refractivity contribution in [2.45, 2.75) is 6.92 Å². The summed E-state index contributed by atoms with van der Waals surface area (Å²) < 4.78 is 0.658. The van der Waals surface area contributed by atoms with Gasteiger partial charge in [0.2, 0.25) is 5.91 Å². The number of nitrogens with zero attached hydrogens (tertiary/aromatic N) is 1. The van der Waals surface area contributed by atoms with E-state index < -0.39 is 0 Å². The van der Waals surface area contributed by atoms with E-state index in [4.69, 9.17) is 11.6 Å². The van der Waals surface area contributed by atoms with Crippen LogP contribution < -0.4 is 5.32 Å². The van der Waals surface area contributed by atoms with Gasteiger partial charge in [0.1, 0.15) is 0 Å². The largest absolute Gasteiger partial charge is 0.358 e. The third-order valence-corrected chi connectivity index (χ3v) is 3.66. The van der Waals surface area contributed by atoms with E-state index in [1.807, 2.05) is 6.92 Å². The van der Waals surface area contributed by atoms with Gasteiger partial charge < -0.3 is 10.2 Å². The standard InChI is InChI=1S/C12H14BrClN2O2/c1-3-16(7-11(17)15-2)12(18)8-4-5-10(14)9(13)6-8/h4-6H,3,7H2,1-2H3,(H,15,17). The first-order valence-corrected chi connectivity index (χ1v) is 6.61. The lowest BCUT2D eigenvalue weighted by Gasteiger charge is -2.20. The molecule has 0 radical (unpaired) electrons. The van der Waals surface area contributed by atoms with Crippen LogP contribution in [0.15, 0.2) is 22.7 Å². The van der Waals surface area contributed by atoms with E-state index >= 15 is 0 Å². The van der Waals surface area contributed by atoms with Gasteiger partial charge in [0, 0.05) is 23.6 Å². The van der Waals surface area contributed by atoms with E-state index in [0.717, 1.165) is 0 Å². The Morgan fingerprint density at radius 2 is 2.11 bits per heavy atom. The first-order valence-electron chi connectivity index (χ1n) is 5.44. The van der Waals surface area contributed by atoms with Crippen molar-refractivity contribution in [3.8, 4) is 0 Å². The van der Waals surface area contributed by atoms with E-state index in [1.54, 1.807) is 25.2 Å². The van der Waals surface area contributed by atoms with Crippen molar-refractivity contribution in [1.29, 1.82) is 0 Å². The minimum atomic E-state index is -0.196. The molecule has 1 aromatic carbocycles. The number of benzene rings is 1. The van der Waals surface area contributed by atoms with Crippen LogP contribution in [0.2, 0.25) is 5.02 Å². The fourth-order valence-corrected chi connectivity index (χ4v) is 1.89. The molecule has 0 unspecified atom stereocenters. The summed E-state index contributed by atoms with van der Waals surface area (Å²) in [5, 5.41) is 3.04. The molecule has 18 heavy (non-hydrogen) atoms. The van der Waals surface area contributed by atoms with Gasteiger partial charge in [0.25, 0.3) is 5.91 Å². The lowest BCUT2D eigenvalue weighted by Crippen LogP contribution is -2.39. The first kappa shape index (κ1) is 15.0. The smallest absolute Gasteiger partial charge is 0.254 e. The van der Waals surface area contributed by atoms with Crippen molar-refractivity contribution in [2.24, 2.45) is 0 Å². The number of hydrogen-bond acceptors (Lipinski definition) is 2. The van der Waals surface area contributed by atoms with Gasteiger partial charge in [0.15, 0.2) is 0 Å². The predicted octanol–water partition coefficient (Wildman–Crippen LogP) is 2.31. The molecule has 0 saturated carbocycles. The van der Waals surface area contributed by atoms with Gasteiger partial charge in [0.05, 0.1) is 11.6 Å². The molecule has 0 aliphatic rings. The van der Waals surface area contributed by atoms with Crippen LogP contribution in [-0.4, -0.2) is 36.9 Å². The quantitative estimate of drug-likeness (QED) is 0.919. The number of amides is 2. The Hall–Kier alpha value is -1.07. The van der Waals surface area contributed by atoms with Crippen molar-refractivity contribution in [1.82, 2.24) is 10.2 Å². The first-order chi connectivity index (χ1) is 8.49. The van der Waals surface area contributed by atoms with Crippen LogP contribution in [0.1, 0.15) is 17.3 Å². The fraction of sp³-hybridized carbons (Fsp3) is 0.333. The molecule has 98 valence electrons. The summed E-state index contributed by atoms with van der Waals surface area (Å²) in [4.78, 5) is 24.9. The lowest BCUT2D eigenvalue weighted by molar-refractivity contribution is -0.121. The minimum Gasteiger partial charge on any atom is -0.358 e. The monoisotopic (exact) mass is 332 g/mol. The summed E-state index contributed by atoms with van der Waals surface area (Å²) in [6, 6.07) is 4.94. The average Bonchev–Trinajstić information content (AvgIpc) is 2.38. The van der Waals surface area contributed by atoms with Gasteiger partial charge in [-0.2, -0.15) is 0 Å². The number of hydrogen-bond donors (Lipinski definition) is 1. The third-order valence-electron chi connectivity index (χ3n) is 2.45. The van der Waals surface area contributed by atoms with Crippen molar-refractivity contribution in [2.75, 3.05) is 20.1 Å². The lowest BCUT2D eigenvalue weighted by atomic mass is 10.2. The molecule has 1 rings (SSSR count). The zero-order chi connectivity index (χ0) is 13.7. The van der Waals surface area contributed by atoms with Crippen molar-refractivity contribution in [3.05, 3.63) is 33.3 Å². The van der Waals surface area contributed by atoms with Gasteiger partial charge in [-0.15, -0.1) is 0 Å². The molecule has 0 atom stereocenters. The topological polar surface area (TPSA) is 49.4 Å². The molecule has 2 amide bonds. The molecule has 0 fully saturated rings. The van der Waals surface area contributed by atoms with E-state index in [9.17, 15) is 9.59 Å². The van der Waals surface area contributed by atoms with Crippen LogP contribution in [0.5, 0.6) is 0 Å². The van der Waals surface area contributed by atoms with Crippen LogP contribution in [0.4, 0.5) is 0 Å².